The number of nitrogen functional groups attached to an aromatic ring is 1. The van der Waals surface area contributed by atoms with Gasteiger partial charge < -0.3 is 15.4 Å². The van der Waals surface area contributed by atoms with E-state index in [0.29, 0.717) is 12.8 Å². The van der Waals surface area contributed by atoms with Crippen LogP contribution in [0.1, 0.15) is 26.7 Å². The van der Waals surface area contributed by atoms with E-state index in [-0.39, 0.29) is 29.5 Å². The van der Waals surface area contributed by atoms with Crippen molar-refractivity contribution in [3.8, 4) is 5.88 Å². The zero-order chi connectivity index (χ0) is 14.9. The standard InChI is InChI=1S/C12H17F3N4O/c1-7(2)20-11-9(16)10(17-6-18-11)19(8-3-4-8)5-12(13,14)15/h6-8H,3-5,16H2,1-2H3. The molecule has 1 aromatic rings. The van der Waals surface area contributed by atoms with Gasteiger partial charge in [0.1, 0.15) is 18.6 Å². The minimum absolute atomic E-state index is 0.0531. The van der Waals surface area contributed by atoms with Gasteiger partial charge in [0.05, 0.1) is 6.10 Å². The van der Waals surface area contributed by atoms with Gasteiger partial charge in [0.25, 0.3) is 0 Å². The molecular formula is C12H17F3N4O. The van der Waals surface area contributed by atoms with E-state index in [1.54, 1.807) is 13.8 Å². The van der Waals surface area contributed by atoms with Crippen LogP contribution in [0.2, 0.25) is 0 Å². The van der Waals surface area contributed by atoms with E-state index in [4.69, 9.17) is 10.5 Å². The Morgan fingerprint density at radius 1 is 1.40 bits per heavy atom. The number of aromatic nitrogens is 2. The number of halogens is 3. The lowest BCUT2D eigenvalue weighted by Gasteiger charge is -2.26. The van der Waals surface area contributed by atoms with E-state index in [1.165, 1.54) is 11.2 Å². The van der Waals surface area contributed by atoms with E-state index >= 15 is 0 Å². The number of rotatable bonds is 5. The highest BCUT2D eigenvalue weighted by molar-refractivity contribution is 5.68. The van der Waals surface area contributed by atoms with Crippen LogP contribution in [0.5, 0.6) is 5.88 Å². The maximum Gasteiger partial charge on any atom is 0.405 e. The summed E-state index contributed by atoms with van der Waals surface area (Å²) in [5.41, 5.74) is 5.91. The summed E-state index contributed by atoms with van der Waals surface area (Å²) >= 11 is 0. The van der Waals surface area contributed by atoms with Crippen LogP contribution in [0.4, 0.5) is 24.7 Å². The van der Waals surface area contributed by atoms with Crippen molar-refractivity contribution < 1.29 is 17.9 Å². The average molecular weight is 290 g/mol. The SMILES string of the molecule is CC(C)Oc1ncnc(N(CC(F)(F)F)C2CC2)c1N. The summed E-state index contributed by atoms with van der Waals surface area (Å²) in [6.07, 6.45) is -1.88. The van der Waals surface area contributed by atoms with Crippen LogP contribution in [0.3, 0.4) is 0 Å². The van der Waals surface area contributed by atoms with E-state index in [1.807, 2.05) is 0 Å². The molecule has 1 heterocycles. The van der Waals surface area contributed by atoms with Gasteiger partial charge in [0.15, 0.2) is 5.82 Å². The number of anilines is 2. The van der Waals surface area contributed by atoms with Crippen LogP contribution in [0.15, 0.2) is 6.33 Å². The van der Waals surface area contributed by atoms with Gasteiger partial charge in [-0.2, -0.15) is 18.2 Å². The van der Waals surface area contributed by atoms with Gasteiger partial charge in [-0.3, -0.25) is 0 Å². The third kappa shape index (κ3) is 3.64. The number of hydrogen-bond donors (Lipinski definition) is 1. The lowest BCUT2D eigenvalue weighted by molar-refractivity contribution is -0.120. The van der Waals surface area contributed by atoms with E-state index < -0.39 is 12.7 Å². The molecule has 2 rings (SSSR count). The summed E-state index contributed by atoms with van der Waals surface area (Å²) in [5.74, 6) is 0.216. The quantitative estimate of drug-likeness (QED) is 0.902. The molecule has 0 amide bonds. The topological polar surface area (TPSA) is 64.3 Å². The maximum atomic E-state index is 12.7. The third-order valence-electron chi connectivity index (χ3n) is 2.78. The number of hydrogen-bond acceptors (Lipinski definition) is 5. The number of alkyl halides is 3. The van der Waals surface area contributed by atoms with Crippen LogP contribution in [0, 0.1) is 0 Å². The van der Waals surface area contributed by atoms with Crippen LogP contribution in [0.25, 0.3) is 0 Å². The van der Waals surface area contributed by atoms with Crippen molar-refractivity contribution in [1.29, 1.82) is 0 Å². The first-order valence-electron chi connectivity index (χ1n) is 6.38. The molecule has 0 radical (unpaired) electrons. The molecule has 1 fully saturated rings. The van der Waals surface area contributed by atoms with Crippen molar-refractivity contribution in [1.82, 2.24) is 9.97 Å². The Bertz CT molecular complexity index is 474. The normalized spacial score (nSPS) is 15.5. The summed E-state index contributed by atoms with van der Waals surface area (Å²) in [5, 5.41) is 0. The molecule has 2 N–H and O–H groups in total. The predicted octanol–water partition coefficient (Wildman–Crippen LogP) is 2.38. The molecular weight excluding hydrogens is 273 g/mol. The molecule has 0 atom stereocenters. The molecule has 1 saturated carbocycles. The van der Waals surface area contributed by atoms with Crippen molar-refractivity contribution >= 4 is 11.5 Å². The van der Waals surface area contributed by atoms with Crippen LogP contribution < -0.4 is 15.4 Å². The van der Waals surface area contributed by atoms with Crippen molar-refractivity contribution in [2.45, 2.75) is 45.0 Å². The first-order chi connectivity index (χ1) is 9.28. The zero-order valence-corrected chi connectivity index (χ0v) is 11.3. The number of ether oxygens (including phenoxy) is 1. The molecule has 0 bridgehead atoms. The van der Waals surface area contributed by atoms with Crippen LogP contribution in [-0.2, 0) is 0 Å². The smallest absolute Gasteiger partial charge is 0.405 e. The first kappa shape index (κ1) is 14.7. The maximum absolute atomic E-state index is 12.7. The first-order valence-corrected chi connectivity index (χ1v) is 6.38. The molecule has 5 nitrogen and oxygen atoms in total. The number of nitrogens with zero attached hydrogens (tertiary/aromatic N) is 3. The Morgan fingerprint density at radius 3 is 2.55 bits per heavy atom. The predicted molar refractivity (Wildman–Crippen MR) is 68.6 cm³/mol. The second kappa shape index (κ2) is 5.34. The fraction of sp³-hybridized carbons (Fsp3) is 0.667. The highest BCUT2D eigenvalue weighted by atomic mass is 19.4. The van der Waals surface area contributed by atoms with Gasteiger partial charge in [0, 0.05) is 6.04 Å². The molecule has 1 aliphatic carbocycles. The van der Waals surface area contributed by atoms with Crippen molar-refractivity contribution in [3.63, 3.8) is 0 Å². The molecule has 0 spiro atoms. The Labute approximate surface area is 114 Å². The Kier molecular flexibility index (Phi) is 3.92. The second-order valence-electron chi connectivity index (χ2n) is 5.06. The van der Waals surface area contributed by atoms with E-state index in [0.717, 1.165) is 0 Å². The third-order valence-corrected chi connectivity index (χ3v) is 2.78. The highest BCUT2D eigenvalue weighted by Gasteiger charge is 2.40. The van der Waals surface area contributed by atoms with Gasteiger partial charge in [-0.05, 0) is 26.7 Å². The van der Waals surface area contributed by atoms with Crippen LogP contribution >= 0.6 is 0 Å². The monoisotopic (exact) mass is 290 g/mol. The Balaban J connectivity index is 2.29. The van der Waals surface area contributed by atoms with Crippen molar-refractivity contribution in [3.05, 3.63) is 6.33 Å². The highest BCUT2D eigenvalue weighted by Crippen LogP contribution is 2.38. The van der Waals surface area contributed by atoms with Crippen molar-refractivity contribution in [2.24, 2.45) is 0 Å². The fourth-order valence-electron chi connectivity index (χ4n) is 1.87. The van der Waals surface area contributed by atoms with Crippen LogP contribution in [-0.4, -0.2) is 34.8 Å². The molecule has 0 aliphatic heterocycles. The van der Waals surface area contributed by atoms with Gasteiger partial charge in [0.2, 0.25) is 5.88 Å². The minimum atomic E-state index is -4.31. The summed E-state index contributed by atoms with van der Waals surface area (Å²) in [6, 6.07) is -0.166. The molecule has 20 heavy (non-hydrogen) atoms. The summed E-state index contributed by atoms with van der Waals surface area (Å²) in [4.78, 5) is 8.96. The average Bonchev–Trinajstić information content (AvgIpc) is 3.11. The Hall–Kier alpha value is -1.73. The van der Waals surface area contributed by atoms with E-state index in [9.17, 15) is 13.2 Å². The minimum Gasteiger partial charge on any atom is -0.473 e. The largest absolute Gasteiger partial charge is 0.473 e. The van der Waals surface area contributed by atoms with Gasteiger partial charge in [-0.25, -0.2) is 4.98 Å². The van der Waals surface area contributed by atoms with Gasteiger partial charge in [-0.1, -0.05) is 0 Å². The summed E-state index contributed by atoms with van der Waals surface area (Å²) in [7, 11) is 0. The summed E-state index contributed by atoms with van der Waals surface area (Å²) < 4.78 is 43.4. The lowest BCUT2D eigenvalue weighted by Crippen LogP contribution is -2.37. The fourth-order valence-corrected chi connectivity index (χ4v) is 1.87. The number of nitrogens with two attached hydrogens (primary N) is 1. The molecule has 112 valence electrons. The molecule has 0 unspecified atom stereocenters. The zero-order valence-electron chi connectivity index (χ0n) is 11.3. The molecule has 1 aromatic heterocycles. The lowest BCUT2D eigenvalue weighted by atomic mass is 10.3. The second-order valence-corrected chi connectivity index (χ2v) is 5.06. The van der Waals surface area contributed by atoms with Crippen molar-refractivity contribution in [2.75, 3.05) is 17.2 Å². The molecule has 0 saturated heterocycles. The molecule has 8 heteroatoms. The Morgan fingerprint density at radius 2 is 2.05 bits per heavy atom. The van der Waals surface area contributed by atoms with Gasteiger partial charge in [-0.15, -0.1) is 0 Å². The van der Waals surface area contributed by atoms with E-state index in [2.05, 4.69) is 9.97 Å². The molecule has 0 aromatic carbocycles. The summed E-state index contributed by atoms with van der Waals surface area (Å²) in [6.45, 7) is 2.51. The molecule has 1 aliphatic rings. The van der Waals surface area contributed by atoms with Gasteiger partial charge >= 0.3 is 6.18 Å².